The molecule has 0 bridgehead atoms. The highest BCUT2D eigenvalue weighted by Gasteiger charge is 2.18. The van der Waals surface area contributed by atoms with Gasteiger partial charge in [-0.1, -0.05) is 23.7 Å². The maximum atomic E-state index is 12.1. The quantitative estimate of drug-likeness (QED) is 0.768. The van der Waals surface area contributed by atoms with E-state index in [-0.39, 0.29) is 15.7 Å². The molecule has 0 saturated carbocycles. The van der Waals surface area contributed by atoms with Crippen LogP contribution < -0.4 is 10.0 Å². The van der Waals surface area contributed by atoms with Gasteiger partial charge in [-0.05, 0) is 43.3 Å². The van der Waals surface area contributed by atoms with Gasteiger partial charge in [0.2, 0.25) is 15.9 Å². The van der Waals surface area contributed by atoms with Crippen LogP contribution in [0.2, 0.25) is 5.02 Å². The molecule has 0 unspecified atom stereocenters. The fourth-order valence-corrected chi connectivity index (χ4v) is 3.39. The van der Waals surface area contributed by atoms with Crippen LogP contribution in [-0.2, 0) is 14.8 Å². The predicted octanol–water partition coefficient (Wildman–Crippen LogP) is 2.46. The highest BCUT2D eigenvalue weighted by molar-refractivity contribution is 7.89. The molecule has 0 radical (unpaired) electrons. The minimum Gasteiger partial charge on any atom is -0.325 e. The van der Waals surface area contributed by atoms with Crippen molar-refractivity contribution in [3.8, 4) is 0 Å². The summed E-state index contributed by atoms with van der Waals surface area (Å²) in [5.41, 5.74) is 0.981. The summed E-state index contributed by atoms with van der Waals surface area (Å²) in [7, 11) is -3.88. The number of rotatable bonds is 6. The van der Waals surface area contributed by atoms with Crippen molar-refractivity contribution in [1.29, 1.82) is 0 Å². The van der Waals surface area contributed by atoms with Crippen molar-refractivity contribution in [1.82, 2.24) is 4.72 Å². The van der Waals surface area contributed by atoms with E-state index in [1.54, 1.807) is 30.3 Å². The zero-order valence-electron chi connectivity index (χ0n) is 12.7. The Hall–Kier alpha value is -2.22. The molecule has 24 heavy (non-hydrogen) atoms. The first-order chi connectivity index (χ1) is 11.3. The Labute approximate surface area is 144 Å². The van der Waals surface area contributed by atoms with Crippen LogP contribution in [0.5, 0.6) is 0 Å². The summed E-state index contributed by atoms with van der Waals surface area (Å²) >= 11 is 5.85. The zero-order chi connectivity index (χ0) is 17.7. The number of hydrogen-bond donors (Lipinski definition) is 2. The van der Waals surface area contributed by atoms with Gasteiger partial charge in [0.25, 0.3) is 0 Å². The van der Waals surface area contributed by atoms with Crippen LogP contribution >= 0.6 is 11.6 Å². The largest absolute Gasteiger partial charge is 0.325 e. The number of anilines is 1. The van der Waals surface area contributed by atoms with E-state index in [4.69, 9.17) is 11.6 Å². The molecule has 0 saturated heterocycles. The molecule has 0 aliphatic carbocycles. The molecule has 0 fully saturated rings. The van der Waals surface area contributed by atoms with Gasteiger partial charge in [-0.2, -0.15) is 0 Å². The molecule has 0 heterocycles. The summed E-state index contributed by atoms with van der Waals surface area (Å²) in [6.07, 6.45) is 0. The normalized spacial score (nSPS) is 11.1. The number of carbonyl (C=O) groups is 2. The van der Waals surface area contributed by atoms with Crippen molar-refractivity contribution < 1.29 is 18.0 Å². The first-order valence-electron chi connectivity index (χ1n) is 6.94. The predicted molar refractivity (Wildman–Crippen MR) is 91.7 cm³/mol. The van der Waals surface area contributed by atoms with E-state index in [1.165, 1.54) is 25.1 Å². The van der Waals surface area contributed by atoms with E-state index in [0.29, 0.717) is 11.3 Å². The summed E-state index contributed by atoms with van der Waals surface area (Å²) in [5, 5.41) is 2.61. The van der Waals surface area contributed by atoms with Crippen LogP contribution in [0, 0.1) is 0 Å². The summed E-state index contributed by atoms with van der Waals surface area (Å²) in [6.45, 7) is 0.999. The van der Waals surface area contributed by atoms with Gasteiger partial charge < -0.3 is 5.32 Å². The van der Waals surface area contributed by atoms with Crippen LogP contribution in [0.25, 0.3) is 0 Å². The lowest BCUT2D eigenvalue weighted by Gasteiger charge is -2.09. The Balaban J connectivity index is 1.98. The van der Waals surface area contributed by atoms with E-state index in [0.717, 1.165) is 0 Å². The van der Waals surface area contributed by atoms with Gasteiger partial charge in [0, 0.05) is 11.3 Å². The molecular formula is C16H15ClN2O4S. The minimum atomic E-state index is -3.88. The second-order valence-electron chi connectivity index (χ2n) is 4.94. The second-order valence-corrected chi connectivity index (χ2v) is 7.08. The van der Waals surface area contributed by atoms with Gasteiger partial charge >= 0.3 is 0 Å². The molecule has 2 rings (SSSR count). The number of carbonyl (C=O) groups excluding carboxylic acids is 2. The van der Waals surface area contributed by atoms with Crippen molar-refractivity contribution in [2.45, 2.75) is 11.8 Å². The third-order valence-electron chi connectivity index (χ3n) is 3.12. The Morgan fingerprint density at radius 1 is 1.04 bits per heavy atom. The summed E-state index contributed by atoms with van der Waals surface area (Å²) in [4.78, 5) is 22.9. The lowest BCUT2D eigenvalue weighted by molar-refractivity contribution is -0.115. The molecule has 126 valence electrons. The maximum absolute atomic E-state index is 12.1. The van der Waals surface area contributed by atoms with Gasteiger partial charge in [0.05, 0.1) is 11.6 Å². The maximum Gasteiger partial charge on any atom is 0.242 e. The van der Waals surface area contributed by atoms with E-state index >= 15 is 0 Å². The SMILES string of the molecule is CC(=O)c1ccc(NC(=O)CNS(=O)(=O)c2ccccc2Cl)cc1. The third-order valence-corrected chi connectivity index (χ3v) is 5.03. The van der Waals surface area contributed by atoms with E-state index < -0.39 is 22.5 Å². The monoisotopic (exact) mass is 366 g/mol. The molecule has 8 heteroatoms. The van der Waals surface area contributed by atoms with Gasteiger partial charge in [0.1, 0.15) is 4.90 Å². The van der Waals surface area contributed by atoms with Crippen LogP contribution in [0.4, 0.5) is 5.69 Å². The van der Waals surface area contributed by atoms with Crippen molar-refractivity contribution in [3.05, 3.63) is 59.1 Å². The molecule has 0 spiro atoms. The lowest BCUT2D eigenvalue weighted by atomic mass is 10.1. The fraction of sp³-hybridized carbons (Fsp3) is 0.125. The fourth-order valence-electron chi connectivity index (χ4n) is 1.89. The molecule has 0 atom stereocenters. The smallest absolute Gasteiger partial charge is 0.242 e. The van der Waals surface area contributed by atoms with Crippen molar-refractivity contribution in [2.24, 2.45) is 0 Å². The van der Waals surface area contributed by atoms with E-state index in [2.05, 4.69) is 10.0 Å². The first kappa shape index (κ1) is 18.1. The number of ketones is 1. The van der Waals surface area contributed by atoms with Crippen LogP contribution in [0.3, 0.4) is 0 Å². The topological polar surface area (TPSA) is 92.3 Å². The molecule has 0 aliphatic rings. The zero-order valence-corrected chi connectivity index (χ0v) is 14.3. The summed E-state index contributed by atoms with van der Waals surface area (Å²) in [5.74, 6) is -0.624. The first-order valence-corrected chi connectivity index (χ1v) is 8.81. The van der Waals surface area contributed by atoms with Crippen LogP contribution in [0.1, 0.15) is 17.3 Å². The van der Waals surface area contributed by atoms with Crippen molar-refractivity contribution >= 4 is 39.0 Å². The van der Waals surface area contributed by atoms with Gasteiger partial charge in [-0.3, -0.25) is 9.59 Å². The number of halogens is 1. The summed E-state index contributed by atoms with van der Waals surface area (Å²) in [6, 6.07) is 12.2. The number of nitrogens with one attached hydrogen (secondary N) is 2. The molecule has 2 aromatic carbocycles. The Morgan fingerprint density at radius 3 is 2.25 bits per heavy atom. The number of Topliss-reactive ketones (excluding diaryl/α,β-unsaturated/α-hetero) is 1. The number of amides is 1. The molecule has 0 aliphatic heterocycles. The Bertz CT molecular complexity index is 864. The molecule has 0 aromatic heterocycles. The highest BCUT2D eigenvalue weighted by atomic mass is 35.5. The van der Waals surface area contributed by atoms with Gasteiger partial charge in [-0.15, -0.1) is 0 Å². The summed E-state index contributed by atoms with van der Waals surface area (Å²) < 4.78 is 26.4. The Morgan fingerprint density at radius 2 is 1.67 bits per heavy atom. The molecule has 2 aromatic rings. The molecule has 6 nitrogen and oxygen atoms in total. The highest BCUT2D eigenvalue weighted by Crippen LogP contribution is 2.19. The van der Waals surface area contributed by atoms with Gasteiger partial charge in [-0.25, -0.2) is 13.1 Å². The lowest BCUT2D eigenvalue weighted by Crippen LogP contribution is -2.33. The van der Waals surface area contributed by atoms with Crippen molar-refractivity contribution in [3.63, 3.8) is 0 Å². The number of hydrogen-bond acceptors (Lipinski definition) is 4. The minimum absolute atomic E-state index is 0.0743. The standard InChI is InChI=1S/C16H15ClN2O4S/c1-11(20)12-6-8-13(9-7-12)19-16(21)10-18-24(22,23)15-5-3-2-4-14(15)17/h2-9,18H,10H2,1H3,(H,19,21). The molecule has 2 N–H and O–H groups in total. The van der Waals surface area contributed by atoms with Crippen LogP contribution in [-0.4, -0.2) is 26.7 Å². The second kappa shape index (κ2) is 7.57. The van der Waals surface area contributed by atoms with E-state index in [1.807, 2.05) is 0 Å². The van der Waals surface area contributed by atoms with Gasteiger partial charge in [0.15, 0.2) is 5.78 Å². The molecular weight excluding hydrogens is 352 g/mol. The number of benzene rings is 2. The van der Waals surface area contributed by atoms with Crippen molar-refractivity contribution in [2.75, 3.05) is 11.9 Å². The Kier molecular flexibility index (Phi) is 5.71. The average Bonchev–Trinajstić information content (AvgIpc) is 2.54. The molecule has 1 amide bonds. The third kappa shape index (κ3) is 4.64. The number of sulfonamides is 1. The van der Waals surface area contributed by atoms with E-state index in [9.17, 15) is 18.0 Å². The van der Waals surface area contributed by atoms with Crippen LogP contribution in [0.15, 0.2) is 53.4 Å². The average molecular weight is 367 g/mol.